The Morgan fingerprint density at radius 1 is 0.847 bits per heavy atom. The Labute approximate surface area is 416 Å². The van der Waals surface area contributed by atoms with Crippen molar-refractivity contribution in [2.75, 3.05) is 13.1 Å². The quantitative estimate of drug-likeness (QED) is 0.0383. The monoisotopic (exact) mass is 990 g/mol. The summed E-state index contributed by atoms with van der Waals surface area (Å²) in [4.78, 5) is 120. The number of rotatable bonds is 25. The van der Waals surface area contributed by atoms with E-state index in [1.54, 1.807) is 39.0 Å². The fourth-order valence-corrected chi connectivity index (χ4v) is 9.94. The number of hydrogen-bond donors (Lipinski definition) is 5. The van der Waals surface area contributed by atoms with Crippen molar-refractivity contribution in [1.29, 1.82) is 0 Å². The van der Waals surface area contributed by atoms with E-state index in [1.807, 2.05) is 18.2 Å². The third-order valence-corrected chi connectivity index (χ3v) is 14.0. The SMILES string of the molecule is CC[C@@]1(O)C(=O)OCc2c1cc1n(c2=O)Cc2c-1nc1cc(F)c(C)c3c1c2[C@@H](NC(=O)CCCNC(=O)CCC(=O)C(Cc1ccccc1)NC(=O)CCC(=O)CNC(=O)CCCCCCC(C)=O)CC3. The van der Waals surface area contributed by atoms with Crippen LogP contribution in [0.15, 0.2) is 47.3 Å². The lowest BCUT2D eigenvalue weighted by molar-refractivity contribution is -0.172. The molecule has 1 aliphatic carbocycles. The fraction of sp³-hybridized carbons (Fsp3) is 0.481. The van der Waals surface area contributed by atoms with Gasteiger partial charge in [0.25, 0.3) is 5.56 Å². The van der Waals surface area contributed by atoms with Crippen LogP contribution in [0.4, 0.5) is 4.39 Å². The number of pyridine rings is 2. The third kappa shape index (κ3) is 12.2. The average Bonchev–Trinajstić information content (AvgIpc) is 3.73. The molecule has 4 amide bonds. The van der Waals surface area contributed by atoms with Crippen LogP contribution in [0.25, 0.3) is 22.3 Å². The van der Waals surface area contributed by atoms with Crippen LogP contribution in [0, 0.1) is 12.7 Å². The first kappa shape index (κ1) is 52.9. The smallest absolute Gasteiger partial charge is 0.343 e. The maximum atomic E-state index is 15.4. The molecule has 4 heterocycles. The van der Waals surface area contributed by atoms with Gasteiger partial charge in [-0.2, -0.15) is 0 Å². The summed E-state index contributed by atoms with van der Waals surface area (Å²) in [5.74, 6) is -3.35. The summed E-state index contributed by atoms with van der Waals surface area (Å²) in [6.45, 7) is 4.60. The van der Waals surface area contributed by atoms with Crippen LogP contribution < -0.4 is 26.8 Å². The molecule has 0 spiro atoms. The minimum Gasteiger partial charge on any atom is -0.458 e. The van der Waals surface area contributed by atoms with E-state index in [2.05, 4.69) is 21.3 Å². The number of cyclic esters (lactones) is 1. The van der Waals surface area contributed by atoms with Crippen molar-refractivity contribution in [2.45, 2.75) is 154 Å². The lowest BCUT2D eigenvalue weighted by atomic mass is 9.81. The summed E-state index contributed by atoms with van der Waals surface area (Å²) >= 11 is 0. The van der Waals surface area contributed by atoms with Gasteiger partial charge in [0, 0.05) is 74.1 Å². The Balaban J connectivity index is 0.905. The molecule has 72 heavy (non-hydrogen) atoms. The molecule has 0 saturated heterocycles. The number of carbonyl (C=O) groups excluding carboxylic acids is 8. The van der Waals surface area contributed by atoms with Gasteiger partial charge in [0.2, 0.25) is 23.6 Å². The molecular formula is C54H63FN6O11. The van der Waals surface area contributed by atoms with Gasteiger partial charge in [-0.1, -0.05) is 50.1 Å². The van der Waals surface area contributed by atoms with Crippen molar-refractivity contribution in [3.8, 4) is 11.4 Å². The molecule has 17 nitrogen and oxygen atoms in total. The summed E-state index contributed by atoms with van der Waals surface area (Å²) in [6.07, 6.45) is 4.55. The molecule has 2 aliphatic heterocycles. The number of amides is 4. The normalized spacial score (nSPS) is 16.7. The summed E-state index contributed by atoms with van der Waals surface area (Å²) in [6, 6.07) is 10.5. The molecule has 1 unspecified atom stereocenters. The molecule has 2 aromatic carbocycles. The molecule has 382 valence electrons. The number of Topliss-reactive ketones (excluding diaryl/α,β-unsaturated/α-hetero) is 3. The number of ether oxygens (including phenoxy) is 1. The first-order chi connectivity index (χ1) is 34.5. The highest BCUT2D eigenvalue weighted by atomic mass is 19.1. The van der Waals surface area contributed by atoms with E-state index in [0.717, 1.165) is 36.0 Å². The first-order valence-corrected chi connectivity index (χ1v) is 25.0. The number of esters is 1. The highest BCUT2D eigenvalue weighted by Gasteiger charge is 2.46. The molecule has 0 radical (unpaired) electrons. The first-order valence-electron chi connectivity index (χ1n) is 25.0. The molecule has 0 bridgehead atoms. The van der Waals surface area contributed by atoms with Crippen LogP contribution in [0.2, 0.25) is 0 Å². The fourth-order valence-electron chi connectivity index (χ4n) is 9.94. The molecule has 3 atom stereocenters. The second-order valence-electron chi connectivity index (χ2n) is 19.1. The molecular weight excluding hydrogens is 928 g/mol. The van der Waals surface area contributed by atoms with Crippen molar-refractivity contribution in [1.82, 2.24) is 30.8 Å². The number of carbonyl (C=O) groups is 8. The van der Waals surface area contributed by atoms with Crippen LogP contribution in [-0.2, 0) is 74.7 Å². The highest BCUT2D eigenvalue weighted by Crippen LogP contribution is 2.46. The second kappa shape index (κ2) is 23.5. The van der Waals surface area contributed by atoms with Gasteiger partial charge in [0.05, 0.1) is 47.6 Å². The Hall–Kier alpha value is -6.95. The minimum absolute atomic E-state index is 0.0284. The number of aryl methyl sites for hydroxylation is 1. The van der Waals surface area contributed by atoms with E-state index in [1.165, 1.54) is 10.6 Å². The minimum atomic E-state index is -2.03. The largest absolute Gasteiger partial charge is 0.458 e. The zero-order valence-electron chi connectivity index (χ0n) is 41.1. The standard InChI is InChI=1S/C54H63FN6O11/c1-4-54(71)38-26-43-51-36(29-61(43)52(69)37(38)30-72-53(54)70)50-40(20-19-35-32(3)39(55)27-42(60-51)49(35)50)58-47(67)17-12-24-56-46(66)23-21-44(64)41(25-33-14-9-7-10-15-33)59-48(68)22-18-34(63)28-57-45(65)16-11-6-5-8-13-31(2)62/h7,9-10,14-15,26-27,40-41,71H,4-6,8,11-13,16-25,28-30H2,1-3H3,(H,56,66)(H,57,65)(H,58,67)(H,59,68)/t40-,41?,54-/m0/s1. The Bertz CT molecular complexity index is 2860. The predicted molar refractivity (Wildman–Crippen MR) is 263 cm³/mol. The Morgan fingerprint density at radius 3 is 2.29 bits per heavy atom. The van der Waals surface area contributed by atoms with Gasteiger partial charge in [-0.25, -0.2) is 14.2 Å². The number of hydrogen-bond acceptors (Lipinski definition) is 12. The average molecular weight is 991 g/mol. The summed E-state index contributed by atoms with van der Waals surface area (Å²) in [5, 5.41) is 23.3. The highest BCUT2D eigenvalue weighted by molar-refractivity contribution is 5.95. The van der Waals surface area contributed by atoms with Crippen molar-refractivity contribution >= 4 is 57.9 Å². The van der Waals surface area contributed by atoms with Crippen LogP contribution in [-0.4, -0.2) is 80.7 Å². The molecule has 18 heteroatoms. The molecule has 5 N–H and O–H groups in total. The topological polar surface area (TPSA) is 249 Å². The van der Waals surface area contributed by atoms with Crippen LogP contribution in [0.3, 0.4) is 0 Å². The number of unbranched alkanes of at least 4 members (excludes halogenated alkanes) is 3. The van der Waals surface area contributed by atoms with Gasteiger partial charge in [-0.05, 0) is 87.1 Å². The van der Waals surface area contributed by atoms with Crippen molar-refractivity contribution < 1.29 is 52.6 Å². The van der Waals surface area contributed by atoms with Crippen LogP contribution in [0.5, 0.6) is 0 Å². The zero-order valence-corrected chi connectivity index (χ0v) is 41.1. The van der Waals surface area contributed by atoms with Gasteiger partial charge >= 0.3 is 5.97 Å². The summed E-state index contributed by atoms with van der Waals surface area (Å²) in [7, 11) is 0. The van der Waals surface area contributed by atoms with Crippen molar-refractivity contribution in [3.63, 3.8) is 0 Å². The number of fused-ring (bicyclic) bond motifs is 5. The Morgan fingerprint density at radius 2 is 1.56 bits per heavy atom. The van der Waals surface area contributed by atoms with E-state index in [9.17, 15) is 48.3 Å². The maximum absolute atomic E-state index is 15.4. The molecule has 0 saturated carbocycles. The lowest BCUT2D eigenvalue weighted by Crippen LogP contribution is -2.44. The van der Waals surface area contributed by atoms with Crippen LogP contribution in [0.1, 0.15) is 149 Å². The Kier molecular flexibility index (Phi) is 17.3. The summed E-state index contributed by atoms with van der Waals surface area (Å²) < 4.78 is 22.1. The van der Waals surface area contributed by atoms with E-state index >= 15 is 4.39 Å². The molecule has 2 aromatic heterocycles. The number of ketones is 3. The second-order valence-corrected chi connectivity index (χ2v) is 19.1. The molecule has 0 fully saturated rings. The summed E-state index contributed by atoms with van der Waals surface area (Å²) in [5.41, 5.74) is 2.40. The molecule has 4 aromatic rings. The number of benzene rings is 2. The predicted octanol–water partition coefficient (Wildman–Crippen LogP) is 5.00. The van der Waals surface area contributed by atoms with Gasteiger partial charge in [0.15, 0.2) is 17.2 Å². The number of aromatic nitrogens is 2. The zero-order chi connectivity index (χ0) is 51.7. The van der Waals surface area contributed by atoms with Gasteiger partial charge in [-0.15, -0.1) is 0 Å². The van der Waals surface area contributed by atoms with Gasteiger partial charge < -0.3 is 40.5 Å². The maximum Gasteiger partial charge on any atom is 0.343 e. The number of nitrogens with one attached hydrogen (secondary N) is 4. The van der Waals surface area contributed by atoms with E-state index in [0.29, 0.717) is 59.1 Å². The molecule has 7 rings (SSSR count). The van der Waals surface area contributed by atoms with Crippen LogP contribution >= 0.6 is 0 Å². The van der Waals surface area contributed by atoms with E-state index in [4.69, 9.17) is 9.72 Å². The van der Waals surface area contributed by atoms with Crippen molar-refractivity contribution in [2.24, 2.45) is 0 Å². The van der Waals surface area contributed by atoms with E-state index < -0.39 is 46.8 Å². The number of nitrogens with zero attached hydrogens (tertiary/aromatic N) is 2. The van der Waals surface area contributed by atoms with E-state index in [-0.39, 0.29) is 124 Å². The van der Waals surface area contributed by atoms with Gasteiger partial charge in [-0.3, -0.25) is 33.6 Å². The van der Waals surface area contributed by atoms with Gasteiger partial charge in [0.1, 0.15) is 18.2 Å². The van der Waals surface area contributed by atoms with Crippen molar-refractivity contribution in [3.05, 3.63) is 97.6 Å². The number of aliphatic hydroxyl groups is 1. The lowest BCUT2D eigenvalue weighted by Gasteiger charge is -2.31. The number of halogens is 1. The third-order valence-electron chi connectivity index (χ3n) is 14.0. The molecule has 3 aliphatic rings.